The standard InChI is InChI=1S/C31H39N3O11/c1-31(2,3)45-30(38)33(16-15-32-29(37)43-19-20-9-7-6-8-10-20)27(35)21-11-13-22(14-12-21)44-26-17-23(28(36)42-5)24(34(39)40)18-25(26)41-4/h6-10,17-18,21-22H,11-16,19H2,1-5H3,(H,32,37). The molecule has 0 spiro atoms. The first kappa shape index (κ1) is 34.6. The zero-order valence-electron chi connectivity index (χ0n) is 26.0. The Hall–Kier alpha value is -4.88. The molecule has 14 heteroatoms. The maximum Gasteiger partial charge on any atom is 0.417 e. The number of rotatable bonds is 11. The second-order valence-corrected chi connectivity index (χ2v) is 11.3. The Bertz CT molecular complexity index is 1370. The molecule has 2 aromatic rings. The molecule has 0 bridgehead atoms. The van der Waals surface area contributed by atoms with Crippen molar-refractivity contribution in [3.63, 3.8) is 0 Å². The molecule has 14 nitrogen and oxygen atoms in total. The highest BCUT2D eigenvalue weighted by Gasteiger charge is 2.35. The highest BCUT2D eigenvalue weighted by atomic mass is 16.6. The van der Waals surface area contributed by atoms with E-state index in [4.69, 9.17) is 18.9 Å². The number of esters is 1. The van der Waals surface area contributed by atoms with Crippen LogP contribution in [0.2, 0.25) is 0 Å². The van der Waals surface area contributed by atoms with Crippen molar-refractivity contribution >= 4 is 29.8 Å². The van der Waals surface area contributed by atoms with Crippen LogP contribution in [0.15, 0.2) is 42.5 Å². The van der Waals surface area contributed by atoms with Gasteiger partial charge in [-0.15, -0.1) is 0 Å². The summed E-state index contributed by atoms with van der Waals surface area (Å²) in [5.41, 5.74) is -0.807. The fourth-order valence-electron chi connectivity index (χ4n) is 4.71. The van der Waals surface area contributed by atoms with Crippen LogP contribution in [0.3, 0.4) is 0 Å². The largest absolute Gasteiger partial charge is 0.493 e. The number of nitrogens with zero attached hydrogens (tertiary/aromatic N) is 2. The lowest BCUT2D eigenvalue weighted by Crippen LogP contribution is -2.47. The molecule has 0 radical (unpaired) electrons. The molecule has 0 atom stereocenters. The number of hydrogen-bond donors (Lipinski definition) is 1. The van der Waals surface area contributed by atoms with Gasteiger partial charge in [-0.1, -0.05) is 30.3 Å². The Kier molecular flexibility index (Phi) is 12.1. The molecule has 1 fully saturated rings. The van der Waals surface area contributed by atoms with Crippen molar-refractivity contribution < 1.29 is 47.8 Å². The molecular weight excluding hydrogens is 590 g/mol. The number of benzene rings is 2. The summed E-state index contributed by atoms with van der Waals surface area (Å²) in [5.74, 6) is -1.67. The summed E-state index contributed by atoms with van der Waals surface area (Å²) in [6, 6.07) is 11.4. The van der Waals surface area contributed by atoms with Crippen LogP contribution in [0.4, 0.5) is 15.3 Å². The Morgan fingerprint density at radius 1 is 1.00 bits per heavy atom. The summed E-state index contributed by atoms with van der Waals surface area (Å²) in [6.45, 7) is 4.97. The Balaban J connectivity index is 1.63. The average molecular weight is 630 g/mol. The quantitative estimate of drug-likeness (QED) is 0.153. The fraction of sp³-hybridized carbons (Fsp3) is 0.484. The van der Waals surface area contributed by atoms with Crippen LogP contribution in [0.25, 0.3) is 0 Å². The number of methoxy groups -OCH3 is 2. The number of carbonyl (C=O) groups is 4. The minimum absolute atomic E-state index is 0.0421. The van der Waals surface area contributed by atoms with Crippen molar-refractivity contribution in [3.8, 4) is 11.5 Å². The normalized spacial score (nSPS) is 16.1. The van der Waals surface area contributed by atoms with Gasteiger partial charge in [0.2, 0.25) is 5.91 Å². The Labute approximate surface area is 261 Å². The smallest absolute Gasteiger partial charge is 0.417 e. The summed E-state index contributed by atoms with van der Waals surface area (Å²) >= 11 is 0. The van der Waals surface area contributed by atoms with E-state index in [9.17, 15) is 29.3 Å². The van der Waals surface area contributed by atoms with Crippen LogP contribution in [-0.2, 0) is 25.6 Å². The Morgan fingerprint density at radius 2 is 1.67 bits per heavy atom. The lowest BCUT2D eigenvalue weighted by molar-refractivity contribution is -0.385. The van der Waals surface area contributed by atoms with E-state index in [2.05, 4.69) is 10.1 Å². The average Bonchev–Trinajstić information content (AvgIpc) is 3.01. The minimum Gasteiger partial charge on any atom is -0.493 e. The number of nitro groups is 1. The molecule has 0 aliphatic heterocycles. The first-order chi connectivity index (χ1) is 21.3. The van der Waals surface area contributed by atoms with Gasteiger partial charge >= 0.3 is 18.2 Å². The second kappa shape index (κ2) is 15.7. The summed E-state index contributed by atoms with van der Waals surface area (Å²) < 4.78 is 26.7. The third kappa shape index (κ3) is 10.1. The van der Waals surface area contributed by atoms with Crippen molar-refractivity contribution in [1.29, 1.82) is 0 Å². The lowest BCUT2D eigenvalue weighted by atomic mass is 9.86. The first-order valence-corrected chi connectivity index (χ1v) is 14.4. The summed E-state index contributed by atoms with van der Waals surface area (Å²) in [4.78, 5) is 62.7. The van der Waals surface area contributed by atoms with E-state index in [1.807, 2.05) is 30.3 Å². The van der Waals surface area contributed by atoms with Gasteiger partial charge in [-0.3, -0.25) is 14.9 Å². The van der Waals surface area contributed by atoms with Crippen molar-refractivity contribution in [2.75, 3.05) is 27.3 Å². The van der Waals surface area contributed by atoms with Gasteiger partial charge in [-0.05, 0) is 52.0 Å². The molecule has 1 aliphatic rings. The van der Waals surface area contributed by atoms with Crippen LogP contribution in [0, 0.1) is 16.0 Å². The lowest BCUT2D eigenvalue weighted by Gasteiger charge is -2.32. The zero-order chi connectivity index (χ0) is 33.1. The van der Waals surface area contributed by atoms with Crippen molar-refractivity contribution in [3.05, 3.63) is 63.7 Å². The fourth-order valence-corrected chi connectivity index (χ4v) is 4.71. The van der Waals surface area contributed by atoms with E-state index in [1.165, 1.54) is 13.2 Å². The molecular formula is C31H39N3O11. The second-order valence-electron chi connectivity index (χ2n) is 11.3. The van der Waals surface area contributed by atoms with Crippen LogP contribution >= 0.6 is 0 Å². The SMILES string of the molecule is COC(=O)c1cc(OC2CCC(C(=O)N(CCNC(=O)OCc3ccccc3)C(=O)OC(C)(C)C)CC2)c(OC)cc1[N+](=O)[O-]. The number of hydrogen-bond acceptors (Lipinski definition) is 11. The minimum atomic E-state index is -0.898. The maximum atomic E-state index is 13.5. The molecule has 0 aromatic heterocycles. The molecule has 0 saturated heterocycles. The number of amides is 3. The molecule has 1 saturated carbocycles. The van der Waals surface area contributed by atoms with E-state index in [0.717, 1.165) is 23.6 Å². The summed E-state index contributed by atoms with van der Waals surface area (Å²) in [7, 11) is 2.44. The molecule has 3 amide bonds. The van der Waals surface area contributed by atoms with Gasteiger partial charge in [0.15, 0.2) is 11.5 Å². The van der Waals surface area contributed by atoms with Crippen LogP contribution in [0.1, 0.15) is 62.4 Å². The third-order valence-corrected chi connectivity index (χ3v) is 6.90. The van der Waals surface area contributed by atoms with Gasteiger partial charge in [0, 0.05) is 25.1 Å². The van der Waals surface area contributed by atoms with Gasteiger partial charge in [-0.2, -0.15) is 0 Å². The number of nitrogens with one attached hydrogen (secondary N) is 1. The highest BCUT2D eigenvalue weighted by Crippen LogP contribution is 2.38. The zero-order valence-corrected chi connectivity index (χ0v) is 26.0. The van der Waals surface area contributed by atoms with Crippen molar-refractivity contribution in [1.82, 2.24) is 10.2 Å². The molecule has 0 heterocycles. The van der Waals surface area contributed by atoms with E-state index in [1.54, 1.807) is 20.8 Å². The van der Waals surface area contributed by atoms with E-state index >= 15 is 0 Å². The number of carbonyl (C=O) groups excluding carboxylic acids is 4. The van der Waals surface area contributed by atoms with Gasteiger partial charge < -0.3 is 29.0 Å². The van der Waals surface area contributed by atoms with Crippen LogP contribution in [-0.4, -0.2) is 72.9 Å². The van der Waals surface area contributed by atoms with Crippen LogP contribution in [0.5, 0.6) is 11.5 Å². The maximum absolute atomic E-state index is 13.5. The van der Waals surface area contributed by atoms with Gasteiger partial charge in [-0.25, -0.2) is 19.3 Å². The number of imide groups is 1. The van der Waals surface area contributed by atoms with Crippen molar-refractivity contribution in [2.45, 2.75) is 64.8 Å². The van der Waals surface area contributed by atoms with Gasteiger partial charge in [0.05, 0.1) is 31.3 Å². The molecule has 244 valence electrons. The monoisotopic (exact) mass is 629 g/mol. The van der Waals surface area contributed by atoms with Gasteiger partial charge in [0.25, 0.3) is 5.69 Å². The topological polar surface area (TPSA) is 173 Å². The predicted octanol–water partition coefficient (Wildman–Crippen LogP) is 5.02. The molecule has 0 unspecified atom stereocenters. The third-order valence-electron chi connectivity index (χ3n) is 6.90. The molecule has 2 aromatic carbocycles. The number of ether oxygens (including phenoxy) is 5. The predicted molar refractivity (Wildman–Crippen MR) is 160 cm³/mol. The van der Waals surface area contributed by atoms with Gasteiger partial charge in [0.1, 0.15) is 17.8 Å². The molecule has 1 aliphatic carbocycles. The summed E-state index contributed by atoms with van der Waals surface area (Å²) in [5, 5.41) is 14.0. The van der Waals surface area contributed by atoms with Crippen LogP contribution < -0.4 is 14.8 Å². The molecule has 3 rings (SSSR count). The molecule has 1 N–H and O–H groups in total. The number of alkyl carbamates (subject to hydrolysis) is 1. The highest BCUT2D eigenvalue weighted by molar-refractivity contribution is 5.95. The van der Waals surface area contributed by atoms with Crippen molar-refractivity contribution in [2.24, 2.45) is 5.92 Å². The summed E-state index contributed by atoms with van der Waals surface area (Å²) in [6.07, 6.45) is -0.345. The van der Waals surface area contributed by atoms with E-state index in [-0.39, 0.29) is 36.8 Å². The first-order valence-electron chi connectivity index (χ1n) is 14.4. The van der Waals surface area contributed by atoms with E-state index in [0.29, 0.717) is 25.7 Å². The molecule has 45 heavy (non-hydrogen) atoms. The Morgan fingerprint density at radius 3 is 2.24 bits per heavy atom. The number of nitro benzene ring substituents is 1. The van der Waals surface area contributed by atoms with E-state index < -0.39 is 52.3 Å².